The van der Waals surface area contributed by atoms with Gasteiger partial charge in [0, 0.05) is 5.54 Å². The third kappa shape index (κ3) is 2.90. The molecule has 0 atom stereocenters. The molecule has 1 rings (SSSR count). The van der Waals surface area contributed by atoms with Crippen LogP contribution in [-0.2, 0) is 5.54 Å². The molecule has 0 amide bonds. The van der Waals surface area contributed by atoms with E-state index in [1.54, 1.807) is 0 Å². The summed E-state index contributed by atoms with van der Waals surface area (Å²) in [5, 5.41) is 3.40. The van der Waals surface area contributed by atoms with Crippen molar-refractivity contribution in [2.75, 3.05) is 6.54 Å². The fraction of sp³-hybridized carbons (Fsp3) is 0.385. The van der Waals surface area contributed by atoms with Gasteiger partial charge in [-0.3, -0.25) is 5.32 Å². The summed E-state index contributed by atoms with van der Waals surface area (Å²) in [5.41, 5.74) is 1.28. The van der Waals surface area contributed by atoms with Gasteiger partial charge in [-0.25, -0.2) is 0 Å². The van der Waals surface area contributed by atoms with E-state index in [0.717, 1.165) is 6.54 Å². The van der Waals surface area contributed by atoms with Crippen molar-refractivity contribution in [3.05, 3.63) is 35.9 Å². The molecule has 0 radical (unpaired) electrons. The molecular formula is C13H17N. The molecule has 0 unspecified atom stereocenters. The summed E-state index contributed by atoms with van der Waals surface area (Å²) < 4.78 is 0. The molecule has 0 bridgehead atoms. The number of hydrogen-bond donors (Lipinski definition) is 1. The molecule has 0 spiro atoms. The van der Waals surface area contributed by atoms with Crippen LogP contribution in [0.4, 0.5) is 0 Å². The second-order valence-corrected chi connectivity index (χ2v) is 3.77. The first kappa shape index (κ1) is 10.8. The van der Waals surface area contributed by atoms with E-state index in [1.807, 2.05) is 13.0 Å². The van der Waals surface area contributed by atoms with Crippen molar-refractivity contribution in [3.63, 3.8) is 0 Å². The number of nitrogens with one attached hydrogen (secondary N) is 1. The van der Waals surface area contributed by atoms with E-state index in [9.17, 15) is 0 Å². The van der Waals surface area contributed by atoms with Gasteiger partial charge < -0.3 is 0 Å². The van der Waals surface area contributed by atoms with E-state index >= 15 is 0 Å². The van der Waals surface area contributed by atoms with Crippen LogP contribution in [0.1, 0.15) is 26.3 Å². The van der Waals surface area contributed by atoms with Gasteiger partial charge >= 0.3 is 0 Å². The summed E-state index contributed by atoms with van der Waals surface area (Å²) in [6, 6.07) is 10.4. The predicted octanol–water partition coefficient (Wildman–Crippen LogP) is 2.53. The highest BCUT2D eigenvalue weighted by molar-refractivity contribution is 5.22. The zero-order valence-electron chi connectivity index (χ0n) is 9.09. The summed E-state index contributed by atoms with van der Waals surface area (Å²) in [7, 11) is 0. The van der Waals surface area contributed by atoms with E-state index in [1.165, 1.54) is 5.56 Å². The highest BCUT2D eigenvalue weighted by atomic mass is 14.9. The van der Waals surface area contributed by atoms with Crippen LogP contribution in [0.25, 0.3) is 0 Å². The van der Waals surface area contributed by atoms with Gasteiger partial charge in [-0.15, -0.1) is 5.92 Å². The maximum Gasteiger partial charge on any atom is 0.0583 e. The number of rotatable bonds is 3. The monoisotopic (exact) mass is 187 g/mol. The average molecular weight is 187 g/mol. The molecule has 0 saturated carbocycles. The molecule has 0 heterocycles. The van der Waals surface area contributed by atoms with Crippen molar-refractivity contribution in [1.29, 1.82) is 0 Å². The molecule has 1 aromatic carbocycles. The van der Waals surface area contributed by atoms with Crippen LogP contribution in [0.5, 0.6) is 0 Å². The molecule has 74 valence electrons. The van der Waals surface area contributed by atoms with Crippen molar-refractivity contribution in [2.45, 2.75) is 26.3 Å². The molecule has 1 heteroatoms. The Kier molecular flexibility index (Phi) is 3.73. The zero-order chi connectivity index (χ0) is 10.4. The summed E-state index contributed by atoms with van der Waals surface area (Å²) in [6.45, 7) is 6.93. The molecule has 0 aliphatic heterocycles. The van der Waals surface area contributed by atoms with E-state index in [0.29, 0.717) is 0 Å². The van der Waals surface area contributed by atoms with Gasteiger partial charge in [-0.2, -0.15) is 0 Å². The number of benzene rings is 1. The zero-order valence-corrected chi connectivity index (χ0v) is 9.09. The molecule has 14 heavy (non-hydrogen) atoms. The Morgan fingerprint density at radius 3 is 2.43 bits per heavy atom. The average Bonchev–Trinajstić information content (AvgIpc) is 2.19. The Bertz CT molecular complexity index is 327. The predicted molar refractivity (Wildman–Crippen MR) is 60.9 cm³/mol. The van der Waals surface area contributed by atoms with E-state index in [-0.39, 0.29) is 5.54 Å². The Morgan fingerprint density at radius 1 is 1.21 bits per heavy atom. The van der Waals surface area contributed by atoms with Crippen LogP contribution in [0, 0.1) is 11.8 Å². The molecule has 0 fully saturated rings. The van der Waals surface area contributed by atoms with Gasteiger partial charge in [0.25, 0.3) is 0 Å². The molecular weight excluding hydrogens is 170 g/mol. The highest BCUT2D eigenvalue weighted by Crippen LogP contribution is 2.18. The Morgan fingerprint density at radius 2 is 1.86 bits per heavy atom. The molecule has 1 N–H and O–H groups in total. The van der Waals surface area contributed by atoms with Gasteiger partial charge in [0.1, 0.15) is 0 Å². The number of hydrogen-bond acceptors (Lipinski definition) is 1. The summed E-state index contributed by atoms with van der Waals surface area (Å²) in [4.78, 5) is 0. The largest absolute Gasteiger partial charge is 0.297 e. The molecule has 0 aliphatic carbocycles. The van der Waals surface area contributed by atoms with Gasteiger partial charge in [0.15, 0.2) is 0 Å². The summed E-state index contributed by atoms with van der Waals surface area (Å²) in [5.74, 6) is 5.89. The molecule has 0 aliphatic rings. The maximum atomic E-state index is 3.40. The van der Waals surface area contributed by atoms with Gasteiger partial charge in [-0.05, 0) is 26.3 Å². The van der Waals surface area contributed by atoms with Crippen LogP contribution in [0.2, 0.25) is 0 Å². The lowest BCUT2D eigenvalue weighted by atomic mass is 9.94. The SMILES string of the molecule is CC#CCNC(C)(C)c1ccccc1. The van der Waals surface area contributed by atoms with Crippen molar-refractivity contribution >= 4 is 0 Å². The fourth-order valence-electron chi connectivity index (χ4n) is 1.31. The Labute approximate surface area is 86.5 Å². The third-order valence-electron chi connectivity index (χ3n) is 2.29. The van der Waals surface area contributed by atoms with Crippen LogP contribution < -0.4 is 5.32 Å². The Hall–Kier alpha value is -1.26. The lowest BCUT2D eigenvalue weighted by Gasteiger charge is -2.25. The standard InChI is InChI=1S/C13H17N/c1-4-5-11-14-13(2,3)12-9-7-6-8-10-12/h6-10,14H,11H2,1-3H3. The first-order chi connectivity index (χ1) is 6.67. The fourth-order valence-corrected chi connectivity index (χ4v) is 1.31. The second kappa shape index (κ2) is 4.83. The van der Waals surface area contributed by atoms with Crippen molar-refractivity contribution in [2.24, 2.45) is 0 Å². The van der Waals surface area contributed by atoms with Crippen LogP contribution in [0.3, 0.4) is 0 Å². The molecule has 1 aromatic rings. The smallest absolute Gasteiger partial charge is 0.0583 e. The van der Waals surface area contributed by atoms with Crippen LogP contribution >= 0.6 is 0 Å². The van der Waals surface area contributed by atoms with Gasteiger partial charge in [0.2, 0.25) is 0 Å². The van der Waals surface area contributed by atoms with Gasteiger partial charge in [0.05, 0.1) is 6.54 Å². The molecule has 1 nitrogen and oxygen atoms in total. The van der Waals surface area contributed by atoms with Crippen molar-refractivity contribution in [3.8, 4) is 11.8 Å². The molecule has 0 aromatic heterocycles. The third-order valence-corrected chi connectivity index (χ3v) is 2.29. The summed E-state index contributed by atoms with van der Waals surface area (Å²) >= 11 is 0. The topological polar surface area (TPSA) is 12.0 Å². The Balaban J connectivity index is 2.68. The minimum absolute atomic E-state index is 0.00882. The van der Waals surface area contributed by atoms with E-state index in [4.69, 9.17) is 0 Å². The maximum absolute atomic E-state index is 3.40. The minimum atomic E-state index is -0.00882. The lowest BCUT2D eigenvalue weighted by molar-refractivity contribution is 0.428. The van der Waals surface area contributed by atoms with E-state index < -0.39 is 0 Å². The normalized spacial score (nSPS) is 10.5. The second-order valence-electron chi connectivity index (χ2n) is 3.77. The van der Waals surface area contributed by atoms with Crippen LogP contribution in [0.15, 0.2) is 30.3 Å². The molecule has 0 saturated heterocycles. The highest BCUT2D eigenvalue weighted by Gasteiger charge is 2.17. The summed E-state index contributed by atoms with van der Waals surface area (Å²) in [6.07, 6.45) is 0. The first-order valence-corrected chi connectivity index (χ1v) is 4.87. The lowest BCUT2D eigenvalue weighted by Crippen LogP contribution is -2.36. The first-order valence-electron chi connectivity index (χ1n) is 4.87. The van der Waals surface area contributed by atoms with Crippen molar-refractivity contribution in [1.82, 2.24) is 5.32 Å². The minimum Gasteiger partial charge on any atom is -0.297 e. The quantitative estimate of drug-likeness (QED) is 0.717. The van der Waals surface area contributed by atoms with Gasteiger partial charge in [-0.1, -0.05) is 36.3 Å². The van der Waals surface area contributed by atoms with Crippen molar-refractivity contribution < 1.29 is 0 Å². The van der Waals surface area contributed by atoms with Crippen LogP contribution in [-0.4, -0.2) is 6.54 Å². The van der Waals surface area contributed by atoms with E-state index in [2.05, 4.69) is 55.3 Å².